The highest BCUT2D eigenvalue weighted by atomic mass is 19.1. The molecule has 2 aromatic rings. The Morgan fingerprint density at radius 3 is 2.52 bits per heavy atom. The Labute approximate surface area is 144 Å². The lowest BCUT2D eigenvalue weighted by Crippen LogP contribution is -2.40. The van der Waals surface area contributed by atoms with E-state index in [1.807, 2.05) is 0 Å². The third-order valence-corrected chi connectivity index (χ3v) is 4.14. The zero-order chi connectivity index (χ0) is 17.8. The molecule has 0 unspecified atom stereocenters. The number of carbonyl (C=O) groups is 1. The van der Waals surface area contributed by atoms with Crippen LogP contribution in [0.2, 0.25) is 0 Å². The lowest BCUT2D eigenvalue weighted by atomic mass is 9.93. The summed E-state index contributed by atoms with van der Waals surface area (Å²) in [5.41, 5.74) is 0. The number of nitrogens with zero attached hydrogens (tertiary/aromatic N) is 2. The fourth-order valence-corrected chi connectivity index (χ4v) is 3.00. The minimum absolute atomic E-state index is 0.0663. The van der Waals surface area contributed by atoms with Gasteiger partial charge in [0, 0.05) is 24.2 Å². The van der Waals surface area contributed by atoms with Crippen LogP contribution in [0.5, 0.6) is 5.75 Å². The number of aryl methyl sites for hydroxylation is 1. The maximum Gasteiger partial charge on any atom is 0.227 e. The molecule has 8 heteroatoms. The number of aromatic nitrogens is 3. The summed E-state index contributed by atoms with van der Waals surface area (Å²) in [5, 5.41) is 9.62. The molecule has 0 spiro atoms. The molecule has 3 rings (SSSR count). The molecule has 1 heterocycles. The Balaban J connectivity index is 1.44. The number of rotatable bonds is 5. The number of hydrogen-bond acceptors (Lipinski definition) is 4. The van der Waals surface area contributed by atoms with Crippen LogP contribution in [0.4, 0.5) is 8.78 Å². The predicted molar refractivity (Wildman–Crippen MR) is 86.0 cm³/mol. The van der Waals surface area contributed by atoms with Crippen molar-refractivity contribution in [3.63, 3.8) is 0 Å². The van der Waals surface area contributed by atoms with Crippen LogP contribution in [0, 0.1) is 18.6 Å². The molecule has 0 aliphatic heterocycles. The number of amides is 1. The zero-order valence-electron chi connectivity index (χ0n) is 13.9. The second kappa shape index (κ2) is 7.58. The number of carbonyl (C=O) groups excluding carboxylic acids is 1. The third kappa shape index (κ3) is 4.98. The van der Waals surface area contributed by atoms with Crippen molar-refractivity contribution in [1.29, 1.82) is 0 Å². The van der Waals surface area contributed by atoms with E-state index in [-0.39, 0.29) is 30.2 Å². The number of hydrogen-bond donors (Lipinski definition) is 2. The van der Waals surface area contributed by atoms with Crippen molar-refractivity contribution in [3.05, 3.63) is 41.5 Å². The van der Waals surface area contributed by atoms with Gasteiger partial charge in [-0.1, -0.05) is 0 Å². The van der Waals surface area contributed by atoms with E-state index in [2.05, 4.69) is 20.5 Å². The van der Waals surface area contributed by atoms with E-state index in [1.54, 1.807) is 6.92 Å². The lowest BCUT2D eigenvalue weighted by molar-refractivity contribution is -0.121. The average Bonchev–Trinajstić information content (AvgIpc) is 2.93. The van der Waals surface area contributed by atoms with E-state index in [0.717, 1.165) is 18.9 Å². The SMILES string of the molecule is Cc1nc(CC(=O)NC2CCC(Oc3cc(F)cc(F)c3)CC2)n[nH]1. The molecule has 6 nitrogen and oxygen atoms in total. The molecule has 2 N–H and O–H groups in total. The van der Waals surface area contributed by atoms with Crippen LogP contribution in [-0.2, 0) is 11.2 Å². The Hall–Kier alpha value is -2.51. The van der Waals surface area contributed by atoms with Gasteiger partial charge in [0.1, 0.15) is 23.2 Å². The van der Waals surface area contributed by atoms with E-state index in [9.17, 15) is 13.6 Å². The van der Waals surface area contributed by atoms with Crippen LogP contribution in [0.3, 0.4) is 0 Å². The van der Waals surface area contributed by atoms with Gasteiger partial charge in [-0.25, -0.2) is 13.8 Å². The fourth-order valence-electron chi connectivity index (χ4n) is 3.00. The molecule has 25 heavy (non-hydrogen) atoms. The molecule has 1 aromatic carbocycles. The minimum atomic E-state index is -0.654. The quantitative estimate of drug-likeness (QED) is 0.868. The highest BCUT2D eigenvalue weighted by molar-refractivity contribution is 5.78. The fraction of sp³-hybridized carbons (Fsp3) is 0.471. The van der Waals surface area contributed by atoms with E-state index in [4.69, 9.17) is 4.74 Å². The topological polar surface area (TPSA) is 79.9 Å². The molecule has 1 aliphatic rings. The normalized spacial score (nSPS) is 20.3. The van der Waals surface area contributed by atoms with Gasteiger partial charge in [0.2, 0.25) is 5.91 Å². The van der Waals surface area contributed by atoms with Gasteiger partial charge in [-0.3, -0.25) is 9.89 Å². The molecule has 1 aliphatic carbocycles. The van der Waals surface area contributed by atoms with E-state index in [0.29, 0.717) is 24.5 Å². The van der Waals surface area contributed by atoms with Crippen LogP contribution in [0.15, 0.2) is 18.2 Å². The molecular formula is C17H20F2N4O2. The Morgan fingerprint density at radius 1 is 1.24 bits per heavy atom. The first-order valence-electron chi connectivity index (χ1n) is 8.28. The Bertz CT molecular complexity index is 722. The summed E-state index contributed by atoms with van der Waals surface area (Å²) in [6, 6.07) is 3.23. The number of benzene rings is 1. The molecule has 0 bridgehead atoms. The summed E-state index contributed by atoms with van der Waals surface area (Å²) >= 11 is 0. The van der Waals surface area contributed by atoms with Crippen LogP contribution in [0.1, 0.15) is 37.3 Å². The highest BCUT2D eigenvalue weighted by Crippen LogP contribution is 2.25. The van der Waals surface area contributed by atoms with Crippen LogP contribution in [-0.4, -0.2) is 33.2 Å². The third-order valence-electron chi connectivity index (χ3n) is 4.14. The first-order chi connectivity index (χ1) is 12.0. The number of halogens is 2. The molecule has 1 saturated carbocycles. The second-order valence-corrected chi connectivity index (χ2v) is 6.28. The van der Waals surface area contributed by atoms with Crippen molar-refractivity contribution >= 4 is 5.91 Å². The van der Waals surface area contributed by atoms with Crippen LogP contribution < -0.4 is 10.1 Å². The summed E-state index contributed by atoms with van der Waals surface area (Å²) in [6.45, 7) is 1.78. The lowest BCUT2D eigenvalue weighted by Gasteiger charge is -2.29. The number of H-pyrrole nitrogens is 1. The summed E-state index contributed by atoms with van der Waals surface area (Å²) in [7, 11) is 0. The van der Waals surface area contributed by atoms with Gasteiger partial charge in [-0.2, -0.15) is 5.10 Å². The molecular weight excluding hydrogens is 330 g/mol. The van der Waals surface area contributed by atoms with Crippen molar-refractivity contribution in [2.24, 2.45) is 0 Å². The van der Waals surface area contributed by atoms with Gasteiger partial charge >= 0.3 is 0 Å². The molecule has 0 atom stereocenters. The maximum atomic E-state index is 13.2. The molecule has 1 fully saturated rings. The largest absolute Gasteiger partial charge is 0.490 e. The van der Waals surface area contributed by atoms with Gasteiger partial charge in [-0.05, 0) is 32.6 Å². The summed E-state index contributed by atoms with van der Waals surface area (Å²) in [4.78, 5) is 16.1. The predicted octanol–water partition coefficient (Wildman–Crippen LogP) is 2.44. The summed E-state index contributed by atoms with van der Waals surface area (Å²) in [5.74, 6) is -0.0775. The van der Waals surface area contributed by atoms with E-state index >= 15 is 0 Å². The van der Waals surface area contributed by atoms with Crippen molar-refractivity contribution < 1.29 is 18.3 Å². The second-order valence-electron chi connectivity index (χ2n) is 6.28. The van der Waals surface area contributed by atoms with Crippen LogP contribution >= 0.6 is 0 Å². The molecule has 134 valence electrons. The Morgan fingerprint density at radius 2 is 1.92 bits per heavy atom. The standard InChI is InChI=1S/C17H20F2N4O2/c1-10-20-16(23-22-10)9-17(24)21-13-2-4-14(5-3-13)25-15-7-11(18)6-12(19)8-15/h6-8,13-14H,2-5,9H2,1H3,(H,21,24)(H,20,22,23). The van der Waals surface area contributed by atoms with E-state index < -0.39 is 11.6 Å². The van der Waals surface area contributed by atoms with Crippen molar-refractivity contribution in [3.8, 4) is 5.75 Å². The molecule has 1 amide bonds. The zero-order valence-corrected chi connectivity index (χ0v) is 13.9. The van der Waals surface area contributed by atoms with Gasteiger partial charge in [0.25, 0.3) is 0 Å². The minimum Gasteiger partial charge on any atom is -0.490 e. The van der Waals surface area contributed by atoms with Gasteiger partial charge in [0.15, 0.2) is 5.82 Å². The monoisotopic (exact) mass is 350 g/mol. The molecule has 0 saturated heterocycles. The van der Waals surface area contributed by atoms with Gasteiger partial charge in [-0.15, -0.1) is 0 Å². The smallest absolute Gasteiger partial charge is 0.227 e. The summed E-state index contributed by atoms with van der Waals surface area (Å²) in [6.07, 6.45) is 2.96. The van der Waals surface area contributed by atoms with Gasteiger partial charge < -0.3 is 10.1 Å². The number of ether oxygens (including phenoxy) is 1. The average molecular weight is 350 g/mol. The van der Waals surface area contributed by atoms with Crippen LogP contribution in [0.25, 0.3) is 0 Å². The number of aromatic amines is 1. The first-order valence-corrected chi connectivity index (χ1v) is 8.28. The Kier molecular flexibility index (Phi) is 5.25. The molecule has 0 radical (unpaired) electrons. The van der Waals surface area contributed by atoms with Crippen molar-refractivity contribution in [1.82, 2.24) is 20.5 Å². The van der Waals surface area contributed by atoms with Gasteiger partial charge in [0.05, 0.1) is 12.5 Å². The van der Waals surface area contributed by atoms with Crippen molar-refractivity contribution in [2.75, 3.05) is 0 Å². The highest BCUT2D eigenvalue weighted by Gasteiger charge is 2.24. The van der Waals surface area contributed by atoms with Crippen molar-refractivity contribution in [2.45, 2.75) is 51.2 Å². The van der Waals surface area contributed by atoms with E-state index in [1.165, 1.54) is 12.1 Å². The summed E-state index contributed by atoms with van der Waals surface area (Å²) < 4.78 is 32.0. The maximum absolute atomic E-state index is 13.2. The first kappa shape index (κ1) is 17.3. The number of nitrogens with one attached hydrogen (secondary N) is 2. The molecule has 1 aromatic heterocycles.